The number of rotatable bonds is 5. The Morgan fingerprint density at radius 1 is 1.34 bits per heavy atom. The summed E-state index contributed by atoms with van der Waals surface area (Å²) in [4.78, 5) is 4.54. The van der Waals surface area contributed by atoms with Gasteiger partial charge in [-0.25, -0.2) is 9.37 Å². The number of aromatic nitrogens is 3. The fourth-order valence-electron chi connectivity index (χ4n) is 3.44. The van der Waals surface area contributed by atoms with Gasteiger partial charge in [-0.1, -0.05) is 30.3 Å². The van der Waals surface area contributed by atoms with E-state index in [1.807, 2.05) is 35.7 Å². The smallest absolute Gasteiger partial charge is 0.169 e. The van der Waals surface area contributed by atoms with Crippen molar-refractivity contribution in [2.24, 2.45) is 12.8 Å². The van der Waals surface area contributed by atoms with E-state index in [0.717, 1.165) is 16.3 Å². The maximum Gasteiger partial charge on any atom is 0.169 e. The normalized spacial score (nSPS) is 23.5. The highest BCUT2D eigenvalue weighted by atomic mass is 32.1. The minimum Gasteiger partial charge on any atom is -0.369 e. The Morgan fingerprint density at radius 3 is 2.93 bits per heavy atom. The van der Waals surface area contributed by atoms with Crippen molar-refractivity contribution in [3.8, 4) is 10.6 Å². The molecule has 154 valence electrons. The van der Waals surface area contributed by atoms with Gasteiger partial charge in [-0.15, -0.1) is 11.3 Å². The second-order valence-electron chi connectivity index (χ2n) is 7.14. The second-order valence-corrected chi connectivity index (χ2v) is 7.99. The van der Waals surface area contributed by atoms with Gasteiger partial charge in [0.05, 0.1) is 24.2 Å². The van der Waals surface area contributed by atoms with Gasteiger partial charge in [0.1, 0.15) is 23.0 Å². The monoisotopic (exact) mass is 417 g/mol. The first-order chi connectivity index (χ1) is 14.0. The number of thiazole rings is 1. The Labute approximate surface area is 172 Å². The van der Waals surface area contributed by atoms with Gasteiger partial charge in [0.15, 0.2) is 6.23 Å². The van der Waals surface area contributed by atoms with Gasteiger partial charge in [0.2, 0.25) is 0 Å². The van der Waals surface area contributed by atoms with Crippen LogP contribution in [0.5, 0.6) is 0 Å². The van der Waals surface area contributed by atoms with E-state index in [0.29, 0.717) is 24.2 Å². The molecule has 9 heteroatoms. The molecule has 0 amide bonds. The summed E-state index contributed by atoms with van der Waals surface area (Å²) in [6.45, 7) is -0.0501. The molecule has 1 unspecified atom stereocenters. The van der Waals surface area contributed by atoms with Crippen molar-refractivity contribution in [3.63, 3.8) is 0 Å². The molecule has 4 atom stereocenters. The predicted octanol–water partition coefficient (Wildman–Crippen LogP) is 3.16. The number of halogens is 1. The van der Waals surface area contributed by atoms with Crippen molar-refractivity contribution < 1.29 is 14.2 Å². The molecular formula is C20H24FN5O2S. The zero-order valence-electron chi connectivity index (χ0n) is 16.0. The first-order valence-corrected chi connectivity index (χ1v) is 10.4. The van der Waals surface area contributed by atoms with Crippen molar-refractivity contribution in [2.45, 2.75) is 37.4 Å². The van der Waals surface area contributed by atoms with E-state index in [1.54, 1.807) is 17.9 Å². The maximum absolute atomic E-state index is 13.9. The Kier molecular flexibility index (Phi) is 5.91. The Balaban J connectivity index is 1.51. The summed E-state index contributed by atoms with van der Waals surface area (Å²) in [7, 11) is 1.80. The average molecular weight is 418 g/mol. The van der Waals surface area contributed by atoms with Gasteiger partial charge in [-0.3, -0.25) is 4.68 Å². The molecule has 1 aliphatic heterocycles. The molecule has 0 bridgehead atoms. The third-order valence-corrected chi connectivity index (χ3v) is 6.00. The lowest BCUT2D eigenvalue weighted by Gasteiger charge is -2.19. The molecule has 1 aromatic carbocycles. The lowest BCUT2D eigenvalue weighted by molar-refractivity contribution is 0.0246. The van der Waals surface area contributed by atoms with Crippen LogP contribution in [0.15, 0.2) is 41.9 Å². The first kappa shape index (κ1) is 20.0. The second kappa shape index (κ2) is 8.58. The van der Waals surface area contributed by atoms with Crippen LogP contribution in [0.25, 0.3) is 10.6 Å². The quantitative estimate of drug-likeness (QED) is 0.552. The number of nitrogens with zero attached hydrogens (tertiary/aromatic N) is 3. The summed E-state index contributed by atoms with van der Waals surface area (Å²) in [6.07, 6.45) is 0.200. The van der Waals surface area contributed by atoms with Gasteiger partial charge in [0, 0.05) is 24.0 Å². The van der Waals surface area contributed by atoms with E-state index in [4.69, 9.17) is 10.5 Å². The van der Waals surface area contributed by atoms with E-state index in [1.165, 1.54) is 11.3 Å². The fourth-order valence-corrected chi connectivity index (χ4v) is 4.29. The van der Waals surface area contributed by atoms with Crippen LogP contribution in [0.2, 0.25) is 0 Å². The molecule has 2 aromatic heterocycles. The molecule has 3 heterocycles. The minimum atomic E-state index is -1.18. The first-order valence-electron chi connectivity index (χ1n) is 9.51. The molecule has 1 fully saturated rings. The highest BCUT2D eigenvalue weighted by molar-refractivity contribution is 7.13. The minimum absolute atomic E-state index is 0.0501. The Hall–Kier alpha value is -2.33. The number of aliphatic hydroxyl groups is 1. The van der Waals surface area contributed by atoms with Crippen molar-refractivity contribution in [3.05, 3.63) is 53.3 Å². The van der Waals surface area contributed by atoms with Gasteiger partial charge in [0.25, 0.3) is 0 Å². The summed E-state index contributed by atoms with van der Waals surface area (Å²) in [5, 5.41) is 20.7. The summed E-state index contributed by atoms with van der Waals surface area (Å²) in [5.74, 6) is 0. The molecule has 4 N–H and O–H groups in total. The molecule has 7 nitrogen and oxygen atoms in total. The van der Waals surface area contributed by atoms with E-state index in [-0.39, 0.29) is 12.7 Å². The third-order valence-electron chi connectivity index (χ3n) is 5.09. The Bertz CT molecular complexity index is 936. The molecule has 29 heavy (non-hydrogen) atoms. The lowest BCUT2D eigenvalue weighted by Crippen LogP contribution is -2.32. The van der Waals surface area contributed by atoms with Crippen LogP contribution in [0.3, 0.4) is 0 Å². The SMILES string of the molecule is Cn1ncc(NC(O)c2csc(-c3ccccc3)n2)c1[C@@H]1CC[C@@H](N)[C@H](F)CO1. The van der Waals surface area contributed by atoms with Crippen LogP contribution in [-0.2, 0) is 11.8 Å². The van der Waals surface area contributed by atoms with Crippen molar-refractivity contribution in [1.82, 2.24) is 14.8 Å². The van der Waals surface area contributed by atoms with Crippen molar-refractivity contribution in [1.29, 1.82) is 0 Å². The average Bonchev–Trinajstić information content (AvgIpc) is 3.32. The summed E-state index contributed by atoms with van der Waals surface area (Å²) in [5.41, 5.74) is 8.75. The van der Waals surface area contributed by atoms with Gasteiger partial charge in [-0.05, 0) is 12.8 Å². The molecular weight excluding hydrogens is 393 g/mol. The largest absolute Gasteiger partial charge is 0.369 e. The van der Waals surface area contributed by atoms with E-state index in [2.05, 4.69) is 15.4 Å². The van der Waals surface area contributed by atoms with Crippen LogP contribution in [-0.4, -0.2) is 38.7 Å². The van der Waals surface area contributed by atoms with Crippen molar-refractivity contribution in [2.75, 3.05) is 11.9 Å². The number of aliphatic hydroxyl groups excluding tert-OH is 1. The van der Waals surface area contributed by atoms with E-state index >= 15 is 0 Å². The molecule has 0 spiro atoms. The van der Waals surface area contributed by atoms with E-state index < -0.39 is 18.4 Å². The number of nitrogens with one attached hydrogen (secondary N) is 1. The number of hydrogen-bond acceptors (Lipinski definition) is 7. The van der Waals surface area contributed by atoms with Crippen LogP contribution in [0, 0.1) is 0 Å². The number of nitrogens with two attached hydrogens (primary N) is 1. The van der Waals surface area contributed by atoms with Crippen molar-refractivity contribution >= 4 is 17.0 Å². The Morgan fingerprint density at radius 2 is 2.14 bits per heavy atom. The van der Waals surface area contributed by atoms with Gasteiger partial charge in [-0.2, -0.15) is 5.10 Å². The summed E-state index contributed by atoms with van der Waals surface area (Å²) >= 11 is 1.47. The predicted molar refractivity (Wildman–Crippen MR) is 110 cm³/mol. The number of anilines is 1. The maximum atomic E-state index is 13.9. The zero-order chi connectivity index (χ0) is 20.4. The van der Waals surface area contributed by atoms with Crippen LogP contribution in [0.4, 0.5) is 10.1 Å². The highest BCUT2D eigenvalue weighted by Gasteiger charge is 2.30. The van der Waals surface area contributed by atoms with Gasteiger partial charge >= 0.3 is 0 Å². The highest BCUT2D eigenvalue weighted by Crippen LogP contribution is 2.34. The zero-order valence-corrected chi connectivity index (χ0v) is 16.8. The van der Waals surface area contributed by atoms with Crippen LogP contribution < -0.4 is 11.1 Å². The number of hydrogen-bond donors (Lipinski definition) is 3. The number of alkyl halides is 1. The van der Waals surface area contributed by atoms with E-state index in [9.17, 15) is 9.50 Å². The standard InChI is InChI=1S/C20H24FN5O2S/c1-26-18(17-8-7-14(22)13(21)10-28-17)15(9-23-26)24-19(27)16-11-29-20(25-16)12-5-3-2-4-6-12/h2-6,9,11,13-14,17,19,24,27H,7-8,10,22H2,1H3/t13-,14-,17+,19?/m1/s1. The molecule has 4 rings (SSSR count). The summed E-state index contributed by atoms with van der Waals surface area (Å²) in [6, 6.07) is 9.29. The number of aryl methyl sites for hydroxylation is 1. The fraction of sp³-hybridized carbons (Fsp3) is 0.400. The molecule has 0 aliphatic carbocycles. The topological polar surface area (TPSA) is 98.2 Å². The third kappa shape index (κ3) is 4.32. The molecule has 0 radical (unpaired) electrons. The molecule has 1 saturated heterocycles. The number of benzene rings is 1. The lowest BCUT2D eigenvalue weighted by atomic mass is 10.0. The molecule has 0 saturated carbocycles. The summed E-state index contributed by atoms with van der Waals surface area (Å²) < 4.78 is 21.3. The molecule has 3 aromatic rings. The van der Waals surface area contributed by atoms with Crippen LogP contribution >= 0.6 is 11.3 Å². The number of ether oxygens (including phenoxy) is 1. The van der Waals surface area contributed by atoms with Gasteiger partial charge < -0.3 is 20.9 Å². The molecule has 1 aliphatic rings. The van der Waals surface area contributed by atoms with Crippen LogP contribution in [0.1, 0.15) is 36.6 Å².